The molecule has 6 nitrogen and oxygen atoms in total. The van der Waals surface area contributed by atoms with Crippen LogP contribution in [0.4, 0.5) is 0 Å². The minimum Gasteiger partial charge on any atom is -0.493 e. The van der Waals surface area contributed by atoms with Crippen molar-refractivity contribution in [3.8, 4) is 5.75 Å². The van der Waals surface area contributed by atoms with Crippen molar-refractivity contribution in [2.45, 2.75) is 32.7 Å². The molecular weight excluding hydrogens is 462 g/mol. The lowest BCUT2D eigenvalue weighted by atomic mass is 9.77. The third-order valence-corrected chi connectivity index (χ3v) is 7.75. The molecule has 5 rings (SSSR count). The first-order chi connectivity index (χ1) is 17.0. The highest BCUT2D eigenvalue weighted by Gasteiger charge is 2.39. The Morgan fingerprint density at radius 1 is 1.14 bits per heavy atom. The topological polar surface area (TPSA) is 57.8 Å². The molecule has 2 saturated heterocycles. The fraction of sp³-hybridized carbons (Fsp3) is 0.464. The monoisotopic (exact) mass is 495 g/mol. The maximum absolute atomic E-state index is 13.3. The van der Waals surface area contributed by atoms with Crippen molar-refractivity contribution in [1.82, 2.24) is 14.8 Å². The van der Waals surface area contributed by atoms with Gasteiger partial charge in [0.1, 0.15) is 5.75 Å². The molecule has 2 aliphatic heterocycles. The normalized spacial score (nSPS) is 21.4. The Morgan fingerprint density at radius 2 is 2.00 bits per heavy atom. The number of benzene rings is 2. The Kier molecular flexibility index (Phi) is 7.32. The summed E-state index contributed by atoms with van der Waals surface area (Å²) in [6.45, 7) is 7.81. The molecule has 1 amide bonds. The second-order valence-corrected chi connectivity index (χ2v) is 10.5. The molecule has 1 N–H and O–H groups in total. The van der Waals surface area contributed by atoms with Crippen molar-refractivity contribution in [1.29, 1.82) is 0 Å². The molecule has 0 saturated carbocycles. The smallest absolute Gasteiger partial charge is 0.223 e. The van der Waals surface area contributed by atoms with Gasteiger partial charge in [-0.25, -0.2) is 0 Å². The first kappa shape index (κ1) is 24.2. The number of amides is 1. The second kappa shape index (κ2) is 10.6. The van der Waals surface area contributed by atoms with Gasteiger partial charge < -0.3 is 19.4 Å². The SMILES string of the molecule is Cc1cc(OCC2(CC(=O)N3CCOCC3)CCCN(Cc3ccc4[nH]ccc4c3)C2)ccc1Cl. The number of aryl methyl sites for hydroxylation is 1. The zero-order chi connectivity index (χ0) is 24.3. The number of H-pyrrole nitrogens is 1. The van der Waals surface area contributed by atoms with Gasteiger partial charge in [0.2, 0.25) is 5.91 Å². The number of hydrogen-bond acceptors (Lipinski definition) is 4. The molecule has 0 spiro atoms. The average molecular weight is 496 g/mol. The molecule has 2 aliphatic rings. The second-order valence-electron chi connectivity index (χ2n) is 10.1. The van der Waals surface area contributed by atoms with Crippen LogP contribution in [0.15, 0.2) is 48.7 Å². The van der Waals surface area contributed by atoms with Crippen LogP contribution < -0.4 is 4.74 Å². The number of hydrogen-bond donors (Lipinski definition) is 1. The van der Waals surface area contributed by atoms with E-state index >= 15 is 0 Å². The number of halogens is 1. The Balaban J connectivity index is 1.33. The third kappa shape index (κ3) is 5.83. The molecule has 1 unspecified atom stereocenters. The lowest BCUT2D eigenvalue weighted by molar-refractivity contribution is -0.139. The minimum atomic E-state index is -0.237. The third-order valence-electron chi connectivity index (χ3n) is 7.33. The van der Waals surface area contributed by atoms with Gasteiger partial charge in [0.15, 0.2) is 0 Å². The summed E-state index contributed by atoms with van der Waals surface area (Å²) < 4.78 is 11.8. The van der Waals surface area contributed by atoms with Gasteiger partial charge in [0.25, 0.3) is 0 Å². The molecular formula is C28H34ClN3O3. The fourth-order valence-electron chi connectivity index (χ4n) is 5.41. The van der Waals surface area contributed by atoms with E-state index in [4.69, 9.17) is 21.1 Å². The average Bonchev–Trinajstić information content (AvgIpc) is 3.33. The number of likely N-dealkylation sites (tertiary alicyclic amines) is 1. The van der Waals surface area contributed by atoms with Crippen LogP contribution in [-0.4, -0.2) is 66.7 Å². The highest BCUT2D eigenvalue weighted by atomic mass is 35.5. The highest BCUT2D eigenvalue weighted by molar-refractivity contribution is 6.31. The van der Waals surface area contributed by atoms with Crippen molar-refractivity contribution in [2.75, 3.05) is 46.0 Å². The van der Waals surface area contributed by atoms with Crippen LogP contribution in [-0.2, 0) is 16.1 Å². The number of nitrogens with one attached hydrogen (secondary N) is 1. The van der Waals surface area contributed by atoms with E-state index in [2.05, 4.69) is 34.1 Å². The number of nitrogens with zero attached hydrogens (tertiary/aromatic N) is 2. The molecule has 0 bridgehead atoms. The zero-order valence-electron chi connectivity index (χ0n) is 20.4. The summed E-state index contributed by atoms with van der Waals surface area (Å²) in [5.41, 5.74) is 3.21. The number of carbonyl (C=O) groups is 1. The van der Waals surface area contributed by atoms with Crippen LogP contribution in [0.3, 0.4) is 0 Å². The Hall–Kier alpha value is -2.54. The highest BCUT2D eigenvalue weighted by Crippen LogP contribution is 2.36. The van der Waals surface area contributed by atoms with E-state index in [9.17, 15) is 4.79 Å². The van der Waals surface area contributed by atoms with Crippen LogP contribution in [0.5, 0.6) is 5.75 Å². The van der Waals surface area contributed by atoms with Crippen molar-refractivity contribution < 1.29 is 14.3 Å². The lowest BCUT2D eigenvalue weighted by Gasteiger charge is -2.43. The molecule has 3 heterocycles. The molecule has 1 atom stereocenters. The summed E-state index contributed by atoms with van der Waals surface area (Å²) >= 11 is 6.21. The number of aromatic amines is 1. The predicted octanol–water partition coefficient (Wildman–Crippen LogP) is 5.04. The van der Waals surface area contributed by atoms with Gasteiger partial charge in [-0.1, -0.05) is 17.7 Å². The van der Waals surface area contributed by atoms with Crippen LogP contribution in [0.2, 0.25) is 5.02 Å². The Morgan fingerprint density at radius 3 is 2.83 bits per heavy atom. The summed E-state index contributed by atoms with van der Waals surface area (Å²) in [4.78, 5) is 21.0. The summed E-state index contributed by atoms with van der Waals surface area (Å²) in [6, 6.07) is 14.5. The van der Waals surface area contributed by atoms with E-state index in [0.29, 0.717) is 39.3 Å². The standard InChI is InChI=1S/C28H34ClN3O3/c1-21-15-24(4-5-25(21)29)35-20-28(17-27(33)32-11-13-34-14-12-32)8-2-10-31(19-28)18-22-3-6-26-23(16-22)7-9-30-26/h3-7,9,15-16,30H,2,8,10-14,17-20H2,1H3. The van der Waals surface area contributed by atoms with Gasteiger partial charge in [-0.2, -0.15) is 0 Å². The zero-order valence-corrected chi connectivity index (χ0v) is 21.2. The Labute approximate surface area is 212 Å². The van der Waals surface area contributed by atoms with Gasteiger partial charge in [0.05, 0.1) is 19.8 Å². The Bertz CT molecular complexity index is 1170. The van der Waals surface area contributed by atoms with Gasteiger partial charge in [-0.05, 0) is 79.2 Å². The number of ether oxygens (including phenoxy) is 2. The molecule has 7 heteroatoms. The van der Waals surface area contributed by atoms with Crippen molar-refractivity contribution in [2.24, 2.45) is 5.41 Å². The van der Waals surface area contributed by atoms with Gasteiger partial charge in [-0.3, -0.25) is 9.69 Å². The van der Waals surface area contributed by atoms with Crippen LogP contribution in [0.25, 0.3) is 10.9 Å². The lowest BCUT2D eigenvalue weighted by Crippen LogP contribution is -2.50. The van der Waals surface area contributed by atoms with Gasteiger partial charge in [0, 0.05) is 54.8 Å². The van der Waals surface area contributed by atoms with E-state index in [1.807, 2.05) is 36.2 Å². The summed E-state index contributed by atoms with van der Waals surface area (Å²) in [5, 5.41) is 1.97. The van der Waals surface area contributed by atoms with E-state index < -0.39 is 0 Å². The van der Waals surface area contributed by atoms with E-state index in [-0.39, 0.29) is 11.3 Å². The van der Waals surface area contributed by atoms with Crippen LogP contribution in [0.1, 0.15) is 30.4 Å². The molecule has 0 radical (unpaired) electrons. The molecule has 2 aromatic carbocycles. The summed E-state index contributed by atoms with van der Waals surface area (Å²) in [6.07, 6.45) is 4.50. The first-order valence-corrected chi connectivity index (χ1v) is 12.9. The van der Waals surface area contributed by atoms with Crippen molar-refractivity contribution >= 4 is 28.4 Å². The number of carbonyl (C=O) groups excluding carboxylic acids is 1. The predicted molar refractivity (Wildman–Crippen MR) is 139 cm³/mol. The molecule has 2 fully saturated rings. The molecule has 0 aliphatic carbocycles. The van der Waals surface area contributed by atoms with Crippen LogP contribution >= 0.6 is 11.6 Å². The number of aromatic nitrogens is 1. The molecule has 186 valence electrons. The maximum atomic E-state index is 13.3. The van der Waals surface area contributed by atoms with Crippen molar-refractivity contribution in [3.63, 3.8) is 0 Å². The maximum Gasteiger partial charge on any atom is 0.223 e. The summed E-state index contributed by atoms with van der Waals surface area (Å²) in [7, 11) is 0. The van der Waals surface area contributed by atoms with E-state index in [1.54, 1.807) is 0 Å². The minimum absolute atomic E-state index is 0.208. The van der Waals surface area contributed by atoms with Gasteiger partial charge >= 0.3 is 0 Å². The van der Waals surface area contributed by atoms with Gasteiger partial charge in [-0.15, -0.1) is 0 Å². The largest absolute Gasteiger partial charge is 0.493 e. The number of piperidine rings is 1. The number of fused-ring (bicyclic) bond motifs is 1. The molecule has 3 aromatic rings. The number of rotatable bonds is 7. The molecule has 35 heavy (non-hydrogen) atoms. The van der Waals surface area contributed by atoms with Crippen LogP contribution in [0, 0.1) is 12.3 Å². The van der Waals surface area contributed by atoms with Crippen molar-refractivity contribution in [3.05, 3.63) is 64.8 Å². The quantitative estimate of drug-likeness (QED) is 0.499. The fourth-order valence-corrected chi connectivity index (χ4v) is 5.52. The first-order valence-electron chi connectivity index (χ1n) is 12.5. The number of morpholine rings is 1. The molecule has 1 aromatic heterocycles. The van der Waals surface area contributed by atoms with E-state index in [1.165, 1.54) is 10.9 Å². The van der Waals surface area contributed by atoms with E-state index in [0.717, 1.165) is 54.3 Å². The summed E-state index contributed by atoms with van der Waals surface area (Å²) in [5.74, 6) is 1.01.